The number of hydrogen-bond donors (Lipinski definition) is 0. The smallest absolute Gasteiger partial charge is 0.266 e. The van der Waals surface area contributed by atoms with Crippen molar-refractivity contribution in [3.63, 3.8) is 0 Å². The molecule has 2 aromatic carbocycles. The fraction of sp³-hybridized carbons (Fsp3) is 0.448. The first-order valence-electron chi connectivity index (χ1n) is 12.9. The van der Waals surface area contributed by atoms with Gasteiger partial charge in [0.25, 0.3) is 5.91 Å². The topological polar surface area (TPSA) is 54.9 Å². The number of benzene rings is 2. The van der Waals surface area contributed by atoms with Crippen LogP contribution in [0.4, 0.5) is 5.69 Å². The number of nitrogens with zero attached hydrogens (tertiary/aromatic N) is 3. The van der Waals surface area contributed by atoms with Gasteiger partial charge in [-0.15, -0.1) is 11.3 Å². The molecule has 1 amide bonds. The van der Waals surface area contributed by atoms with Crippen LogP contribution >= 0.6 is 11.3 Å². The number of anilines is 1. The Balaban J connectivity index is 1.40. The number of carbonyl (C=O) groups is 1. The quantitative estimate of drug-likeness (QED) is 0.415. The molecule has 6 nitrogen and oxygen atoms in total. The van der Waals surface area contributed by atoms with Gasteiger partial charge >= 0.3 is 0 Å². The first-order chi connectivity index (χ1) is 17.5. The van der Waals surface area contributed by atoms with Crippen molar-refractivity contribution in [2.45, 2.75) is 58.1 Å². The molecule has 0 spiro atoms. The third-order valence-electron chi connectivity index (χ3n) is 7.26. The van der Waals surface area contributed by atoms with Crippen molar-refractivity contribution in [3.05, 3.63) is 69.7 Å². The molecule has 1 saturated heterocycles. The van der Waals surface area contributed by atoms with Crippen LogP contribution in [0.5, 0.6) is 11.5 Å². The van der Waals surface area contributed by atoms with E-state index in [-0.39, 0.29) is 18.1 Å². The average Bonchev–Trinajstić information content (AvgIpc) is 3.53. The summed E-state index contributed by atoms with van der Waals surface area (Å²) in [4.78, 5) is 23.3. The maximum Gasteiger partial charge on any atom is 0.266 e. The van der Waals surface area contributed by atoms with Crippen molar-refractivity contribution in [2.24, 2.45) is 0 Å². The van der Waals surface area contributed by atoms with Crippen molar-refractivity contribution >= 4 is 22.9 Å². The number of piperazine rings is 1. The van der Waals surface area contributed by atoms with Crippen LogP contribution in [0.3, 0.4) is 0 Å². The van der Waals surface area contributed by atoms with E-state index in [1.165, 1.54) is 29.7 Å². The molecule has 0 unspecified atom stereocenters. The van der Waals surface area contributed by atoms with Crippen molar-refractivity contribution < 1.29 is 14.3 Å². The number of carbonyl (C=O) groups excluding carboxylic acids is 1. The molecule has 0 N–H and O–H groups in total. The lowest BCUT2D eigenvalue weighted by Gasteiger charge is -2.42. The molecule has 2 aliphatic rings. The van der Waals surface area contributed by atoms with Crippen LogP contribution in [-0.2, 0) is 6.42 Å². The van der Waals surface area contributed by atoms with E-state index in [0.29, 0.717) is 6.54 Å². The van der Waals surface area contributed by atoms with E-state index in [1.54, 1.807) is 7.11 Å². The number of aromatic nitrogens is 1. The Hall–Kier alpha value is -3.06. The standard InChI is InChI=1S/C29H35N3O3S/c1-20-28(36-21(2)30-20)29(33)32-16-15-31(19-24(32)17-22-9-5-4-6-10-22)23-13-14-26(34-3)27(18-23)35-25-11-7-8-12-25/h4-6,9-10,13-14,18,24-25H,7-8,11-12,15-17,19H2,1-3H3/t24-/m0/s1. The van der Waals surface area contributed by atoms with E-state index < -0.39 is 0 Å². The zero-order valence-electron chi connectivity index (χ0n) is 21.4. The Morgan fingerprint density at radius 1 is 1.06 bits per heavy atom. The second kappa shape index (κ2) is 10.9. The molecule has 1 saturated carbocycles. The Morgan fingerprint density at radius 2 is 1.83 bits per heavy atom. The van der Waals surface area contributed by atoms with Gasteiger partial charge in [-0.05, 0) is 63.6 Å². The summed E-state index contributed by atoms with van der Waals surface area (Å²) >= 11 is 1.50. The predicted octanol–water partition coefficient (Wildman–Crippen LogP) is 5.66. The molecular weight excluding hydrogens is 470 g/mol. The third kappa shape index (κ3) is 5.36. The molecule has 2 fully saturated rings. The summed E-state index contributed by atoms with van der Waals surface area (Å²) in [5.74, 6) is 1.69. The van der Waals surface area contributed by atoms with Gasteiger partial charge in [0.1, 0.15) is 4.88 Å². The molecule has 190 valence electrons. The minimum Gasteiger partial charge on any atom is -0.493 e. The fourth-order valence-corrected chi connectivity index (χ4v) is 6.29. The van der Waals surface area contributed by atoms with E-state index in [9.17, 15) is 4.79 Å². The van der Waals surface area contributed by atoms with Crippen molar-refractivity contribution in [1.82, 2.24) is 9.88 Å². The molecule has 1 aromatic heterocycles. The van der Waals surface area contributed by atoms with Gasteiger partial charge in [0.15, 0.2) is 11.5 Å². The zero-order valence-corrected chi connectivity index (χ0v) is 22.2. The number of amides is 1. The van der Waals surface area contributed by atoms with Gasteiger partial charge in [-0.2, -0.15) is 0 Å². The van der Waals surface area contributed by atoms with Crippen LogP contribution in [0.2, 0.25) is 0 Å². The molecule has 0 radical (unpaired) electrons. The molecule has 1 aliphatic heterocycles. The second-order valence-electron chi connectivity index (χ2n) is 9.80. The molecule has 36 heavy (non-hydrogen) atoms. The van der Waals surface area contributed by atoms with Crippen LogP contribution in [0.15, 0.2) is 48.5 Å². The lowest BCUT2D eigenvalue weighted by Crippen LogP contribution is -2.56. The van der Waals surface area contributed by atoms with Crippen LogP contribution < -0.4 is 14.4 Å². The number of hydrogen-bond acceptors (Lipinski definition) is 6. The van der Waals surface area contributed by atoms with E-state index in [0.717, 1.165) is 65.1 Å². The molecule has 1 atom stereocenters. The molecule has 1 aliphatic carbocycles. The monoisotopic (exact) mass is 505 g/mol. The number of thiazole rings is 1. The van der Waals surface area contributed by atoms with E-state index >= 15 is 0 Å². The van der Waals surface area contributed by atoms with Gasteiger partial charge in [-0.1, -0.05) is 30.3 Å². The minimum absolute atomic E-state index is 0.0526. The Kier molecular flexibility index (Phi) is 7.46. The first-order valence-corrected chi connectivity index (χ1v) is 13.7. The summed E-state index contributed by atoms with van der Waals surface area (Å²) in [5, 5.41) is 0.933. The van der Waals surface area contributed by atoms with Crippen LogP contribution in [0, 0.1) is 13.8 Å². The summed E-state index contributed by atoms with van der Waals surface area (Å²) in [7, 11) is 1.69. The highest BCUT2D eigenvalue weighted by Crippen LogP contribution is 2.36. The number of methoxy groups -OCH3 is 1. The van der Waals surface area contributed by atoms with Gasteiger partial charge in [0.2, 0.25) is 0 Å². The maximum absolute atomic E-state index is 13.6. The fourth-order valence-electron chi connectivity index (χ4n) is 5.42. The molecule has 3 aromatic rings. The minimum atomic E-state index is 0.0526. The average molecular weight is 506 g/mol. The van der Waals surface area contributed by atoms with Crippen LogP contribution in [0.25, 0.3) is 0 Å². The second-order valence-corrected chi connectivity index (χ2v) is 11.0. The van der Waals surface area contributed by atoms with Crippen LogP contribution in [-0.4, -0.2) is 54.7 Å². The highest BCUT2D eigenvalue weighted by molar-refractivity contribution is 7.13. The summed E-state index contributed by atoms with van der Waals surface area (Å²) in [6.45, 7) is 6.08. The summed E-state index contributed by atoms with van der Waals surface area (Å²) < 4.78 is 12.0. The van der Waals surface area contributed by atoms with Gasteiger partial charge in [-0.25, -0.2) is 4.98 Å². The third-order valence-corrected chi connectivity index (χ3v) is 8.32. The Morgan fingerprint density at radius 3 is 2.53 bits per heavy atom. The summed E-state index contributed by atoms with van der Waals surface area (Å²) in [6.07, 6.45) is 5.72. The number of aryl methyl sites for hydroxylation is 2. The number of rotatable bonds is 7. The highest BCUT2D eigenvalue weighted by Gasteiger charge is 2.33. The van der Waals surface area contributed by atoms with Crippen LogP contribution in [0.1, 0.15) is 51.6 Å². The van der Waals surface area contributed by atoms with Gasteiger partial charge in [-0.3, -0.25) is 4.79 Å². The molecular formula is C29H35N3O3S. The predicted molar refractivity (Wildman–Crippen MR) is 145 cm³/mol. The largest absolute Gasteiger partial charge is 0.493 e. The maximum atomic E-state index is 13.6. The number of ether oxygens (including phenoxy) is 2. The van der Waals surface area contributed by atoms with E-state index in [1.807, 2.05) is 26.0 Å². The SMILES string of the molecule is COc1ccc(N2CCN(C(=O)c3sc(C)nc3C)[C@@H](Cc3ccccc3)C2)cc1OC1CCCC1. The van der Waals surface area contributed by atoms with Gasteiger partial charge < -0.3 is 19.3 Å². The molecule has 0 bridgehead atoms. The Bertz CT molecular complexity index is 1190. The highest BCUT2D eigenvalue weighted by atomic mass is 32.1. The molecule has 5 rings (SSSR count). The van der Waals surface area contributed by atoms with E-state index in [2.05, 4.69) is 51.2 Å². The van der Waals surface area contributed by atoms with Crippen molar-refractivity contribution in [1.29, 1.82) is 0 Å². The normalized spacial score (nSPS) is 18.5. The van der Waals surface area contributed by atoms with E-state index in [4.69, 9.17) is 9.47 Å². The molecule has 2 heterocycles. The summed E-state index contributed by atoms with van der Waals surface area (Å²) in [5.41, 5.74) is 3.17. The molecule has 7 heteroatoms. The Labute approximate surface area is 217 Å². The first kappa shape index (κ1) is 24.6. The lowest BCUT2D eigenvalue weighted by molar-refractivity contribution is 0.0660. The van der Waals surface area contributed by atoms with Crippen molar-refractivity contribution in [2.75, 3.05) is 31.6 Å². The van der Waals surface area contributed by atoms with Crippen molar-refractivity contribution in [3.8, 4) is 11.5 Å². The van der Waals surface area contributed by atoms with Gasteiger partial charge in [0.05, 0.1) is 30.0 Å². The zero-order chi connectivity index (χ0) is 25.1. The van der Waals surface area contributed by atoms with Gasteiger partial charge in [0, 0.05) is 31.4 Å². The lowest BCUT2D eigenvalue weighted by atomic mass is 10.0. The summed E-state index contributed by atoms with van der Waals surface area (Å²) in [6, 6.07) is 16.7.